The maximum Gasteiger partial charge on any atom is 0.328 e. The molecule has 14 heteroatoms. The minimum Gasteiger partial charge on any atom is -0.480 e. The highest BCUT2D eigenvalue weighted by molar-refractivity contribution is 8.01. The van der Waals surface area contributed by atoms with E-state index in [9.17, 15) is 32.7 Å². The van der Waals surface area contributed by atoms with Crippen LogP contribution in [0.2, 0.25) is 0 Å². The monoisotopic (exact) mass is 558 g/mol. The molecule has 5 aliphatic heterocycles. The predicted octanol–water partition coefficient (Wildman–Crippen LogP) is 0.611. The molecule has 206 valence electrons. The number of amides is 2. The number of hydrogen-bond acceptors (Lipinski definition) is 8. The van der Waals surface area contributed by atoms with E-state index in [1.807, 2.05) is 20.2 Å². The highest BCUT2D eigenvalue weighted by Crippen LogP contribution is 2.51. The van der Waals surface area contributed by atoms with Crippen molar-refractivity contribution in [2.45, 2.75) is 98.2 Å². The third-order valence-corrected chi connectivity index (χ3v) is 12.2. The van der Waals surface area contributed by atoms with Gasteiger partial charge in [-0.1, -0.05) is 12.8 Å². The van der Waals surface area contributed by atoms with Crippen molar-refractivity contribution in [1.29, 1.82) is 0 Å². The summed E-state index contributed by atoms with van der Waals surface area (Å²) in [7, 11) is -3.57. The van der Waals surface area contributed by atoms with Crippen LogP contribution in [0.5, 0.6) is 0 Å². The van der Waals surface area contributed by atoms with Crippen LogP contribution in [-0.2, 0) is 29.0 Å². The molecule has 0 saturated carbocycles. The largest absolute Gasteiger partial charge is 0.480 e. The smallest absolute Gasteiger partial charge is 0.328 e. The maximum atomic E-state index is 12.3. The Morgan fingerprint density at radius 3 is 2.03 bits per heavy atom. The highest BCUT2D eigenvalue weighted by Gasteiger charge is 2.68. The van der Waals surface area contributed by atoms with Gasteiger partial charge in [-0.2, -0.15) is 0 Å². The summed E-state index contributed by atoms with van der Waals surface area (Å²) in [6.45, 7) is 8.47. The first-order chi connectivity index (χ1) is 17.1. The fourth-order valence-electron chi connectivity index (χ4n) is 5.73. The lowest BCUT2D eigenvalue weighted by Gasteiger charge is -2.41. The number of nitrogens with zero attached hydrogens (tertiary/aromatic N) is 4. The van der Waals surface area contributed by atoms with Gasteiger partial charge in [-0.05, 0) is 40.5 Å². The van der Waals surface area contributed by atoms with Gasteiger partial charge in [-0.3, -0.25) is 14.6 Å². The molecule has 5 atom stereocenters. The molecule has 0 bridgehead atoms. The van der Waals surface area contributed by atoms with Gasteiger partial charge < -0.3 is 24.9 Å². The molecule has 0 unspecified atom stereocenters. The summed E-state index contributed by atoms with van der Waals surface area (Å²) in [4.78, 5) is 55.1. The summed E-state index contributed by atoms with van der Waals surface area (Å²) in [5.41, 5.74) is 0. The van der Waals surface area contributed by atoms with Crippen molar-refractivity contribution >= 4 is 51.7 Å². The molecule has 0 radical (unpaired) electrons. The molecule has 0 aliphatic carbocycles. The Bertz CT molecular complexity index is 1130. The highest BCUT2D eigenvalue weighted by atomic mass is 32.2. The summed E-state index contributed by atoms with van der Waals surface area (Å²) in [6, 6.07) is -2.43. The van der Waals surface area contributed by atoms with E-state index in [1.54, 1.807) is 11.8 Å². The molecule has 2 amide bonds. The lowest BCUT2D eigenvalue weighted by atomic mass is 9.96. The number of carboxylic acid groups (broad SMARTS) is 2. The van der Waals surface area contributed by atoms with Crippen LogP contribution in [0.4, 0.5) is 0 Å². The number of β-lactam (4-membered cyclic amide) rings is 2. The zero-order valence-corrected chi connectivity index (χ0v) is 23.0. The first-order valence-electron chi connectivity index (χ1n) is 12.4. The van der Waals surface area contributed by atoms with Gasteiger partial charge in [0.05, 0.1) is 17.5 Å². The van der Waals surface area contributed by atoms with Crippen LogP contribution in [0.1, 0.15) is 59.8 Å². The molecule has 5 aliphatic rings. The molecule has 0 spiro atoms. The molecule has 0 aromatic heterocycles. The van der Waals surface area contributed by atoms with Gasteiger partial charge >= 0.3 is 11.9 Å². The average Bonchev–Trinajstić information content (AvgIpc) is 2.96. The van der Waals surface area contributed by atoms with E-state index in [0.717, 1.165) is 18.0 Å². The summed E-state index contributed by atoms with van der Waals surface area (Å²) < 4.78 is 21.9. The lowest BCUT2D eigenvalue weighted by Crippen LogP contribution is -2.65. The zero-order chi connectivity index (χ0) is 27.5. The van der Waals surface area contributed by atoms with Crippen LogP contribution in [-0.4, -0.2) is 115 Å². The SMILES string of the molecule is CC1(C)S[C@@H]2[C@H](N=CN3CCCCCC3)C(=O)N2[C@H]1C(=O)O.CC1(C)[C@H](C(=O)O)N2C(=O)C[C@H]2S1(=O)=O. The molecule has 5 fully saturated rings. The number of sulfone groups is 1. The Morgan fingerprint density at radius 2 is 1.54 bits per heavy atom. The van der Waals surface area contributed by atoms with E-state index < -0.39 is 60.7 Å². The van der Waals surface area contributed by atoms with Crippen LogP contribution < -0.4 is 0 Å². The first-order valence-corrected chi connectivity index (χ1v) is 14.8. The number of carbonyl (C=O) groups is 4. The Hall–Kier alpha value is -2.35. The summed E-state index contributed by atoms with van der Waals surface area (Å²) in [6.07, 6.45) is 6.58. The number of likely N-dealkylation sites (tertiary alicyclic amines) is 1. The van der Waals surface area contributed by atoms with Crippen molar-refractivity contribution in [3.8, 4) is 0 Å². The molecule has 5 rings (SSSR count). The number of thioether (sulfide) groups is 1. The second-order valence-corrected chi connectivity index (χ2v) is 15.6. The Kier molecular flexibility index (Phi) is 7.06. The van der Waals surface area contributed by atoms with E-state index in [0.29, 0.717) is 0 Å². The van der Waals surface area contributed by atoms with E-state index >= 15 is 0 Å². The summed E-state index contributed by atoms with van der Waals surface area (Å²) in [5.74, 6) is -2.74. The van der Waals surface area contributed by atoms with Crippen molar-refractivity contribution in [2.24, 2.45) is 4.99 Å². The van der Waals surface area contributed by atoms with Gasteiger partial charge in [0.1, 0.15) is 22.8 Å². The fourth-order valence-corrected chi connectivity index (χ4v) is 9.48. The van der Waals surface area contributed by atoms with Crippen molar-refractivity contribution in [1.82, 2.24) is 14.7 Å². The van der Waals surface area contributed by atoms with E-state index in [-0.39, 0.29) is 17.7 Å². The Morgan fingerprint density at radius 1 is 0.973 bits per heavy atom. The molecular formula is C23H34N4O8S2. The fraction of sp³-hybridized carbons (Fsp3) is 0.783. The standard InChI is InChI=1S/C15H23N3O3S.C8H11NO5S/c1-15(2)11(14(20)21)18-12(19)10(13(18)22-15)16-9-17-7-5-3-4-6-8-17;1-8(2)6(7(11)12)9-4(10)3-5(9)15(8,13)14/h9-11,13H,3-8H2,1-2H3,(H,20,21);5-6H,3H2,1-2H3,(H,11,12)/t10-,11+,13-;5-,6+/m11/s1. The lowest BCUT2D eigenvalue weighted by molar-refractivity contribution is -0.158. The van der Waals surface area contributed by atoms with Crippen LogP contribution >= 0.6 is 11.8 Å². The Labute approximate surface area is 220 Å². The van der Waals surface area contributed by atoms with Gasteiger partial charge in [-0.15, -0.1) is 11.8 Å². The van der Waals surface area contributed by atoms with Crippen molar-refractivity contribution in [3.05, 3.63) is 0 Å². The van der Waals surface area contributed by atoms with Gasteiger partial charge in [0, 0.05) is 17.8 Å². The minimum absolute atomic E-state index is 0.0878. The number of hydrogen-bond donors (Lipinski definition) is 2. The van der Waals surface area contributed by atoms with Crippen molar-refractivity contribution in [3.63, 3.8) is 0 Å². The topological polar surface area (TPSA) is 165 Å². The van der Waals surface area contributed by atoms with Crippen LogP contribution in [0.15, 0.2) is 4.99 Å². The number of rotatable bonds is 4. The molecule has 5 saturated heterocycles. The first kappa shape index (κ1) is 27.7. The third kappa shape index (κ3) is 4.39. The number of aliphatic carboxylic acids is 2. The van der Waals surface area contributed by atoms with E-state index in [4.69, 9.17) is 5.11 Å². The van der Waals surface area contributed by atoms with Gasteiger partial charge in [0.2, 0.25) is 5.91 Å². The number of aliphatic imine (C=N–C) groups is 1. The molecule has 5 heterocycles. The molecule has 37 heavy (non-hydrogen) atoms. The number of carbonyl (C=O) groups excluding carboxylic acids is 2. The van der Waals surface area contributed by atoms with Gasteiger partial charge in [0.25, 0.3) is 5.91 Å². The maximum absolute atomic E-state index is 12.3. The zero-order valence-electron chi connectivity index (χ0n) is 21.4. The van der Waals surface area contributed by atoms with E-state index in [1.165, 1.54) is 44.4 Å². The normalized spacial score (nSPS) is 35.0. The van der Waals surface area contributed by atoms with Crippen LogP contribution in [0, 0.1) is 0 Å². The third-order valence-electron chi connectivity index (χ3n) is 7.89. The average molecular weight is 559 g/mol. The van der Waals surface area contributed by atoms with Gasteiger partial charge in [-0.25, -0.2) is 18.0 Å². The van der Waals surface area contributed by atoms with Crippen LogP contribution in [0.3, 0.4) is 0 Å². The predicted molar refractivity (Wildman–Crippen MR) is 136 cm³/mol. The molecule has 0 aromatic rings. The van der Waals surface area contributed by atoms with Crippen molar-refractivity contribution in [2.75, 3.05) is 13.1 Å². The molecule has 2 N–H and O–H groups in total. The molecular weight excluding hydrogens is 524 g/mol. The van der Waals surface area contributed by atoms with Gasteiger partial charge in [0.15, 0.2) is 15.9 Å². The van der Waals surface area contributed by atoms with Crippen molar-refractivity contribution < 1.29 is 37.8 Å². The second-order valence-electron chi connectivity index (χ2n) is 11.1. The molecule has 0 aromatic carbocycles. The number of fused-ring (bicyclic) bond motifs is 2. The number of carboxylic acids is 2. The minimum atomic E-state index is -3.57. The summed E-state index contributed by atoms with van der Waals surface area (Å²) >= 11 is 1.55. The summed E-state index contributed by atoms with van der Waals surface area (Å²) in [5, 5.41) is 17.3. The molecule has 12 nitrogen and oxygen atoms in total. The van der Waals surface area contributed by atoms with Crippen LogP contribution in [0.25, 0.3) is 0 Å². The Balaban J connectivity index is 0.000000186. The second kappa shape index (κ2) is 9.44. The quantitative estimate of drug-likeness (QED) is 0.284. The van der Waals surface area contributed by atoms with E-state index in [2.05, 4.69) is 9.89 Å².